The van der Waals surface area contributed by atoms with Crippen molar-refractivity contribution in [1.29, 1.82) is 0 Å². The Hall–Kier alpha value is -0.930. The highest BCUT2D eigenvalue weighted by Gasteiger charge is 2.34. The maximum atomic E-state index is 10.5. The second-order valence-electron chi connectivity index (χ2n) is 4.71. The maximum absolute atomic E-state index is 10.5. The number of ether oxygens (including phenoxy) is 1. The van der Waals surface area contributed by atoms with Gasteiger partial charge in [0.05, 0.1) is 11.7 Å². The highest BCUT2D eigenvalue weighted by Crippen LogP contribution is 2.32. The summed E-state index contributed by atoms with van der Waals surface area (Å²) >= 11 is 0. The molecule has 0 aromatic carbocycles. The van der Waals surface area contributed by atoms with E-state index in [4.69, 9.17) is 4.74 Å². The summed E-state index contributed by atoms with van der Waals surface area (Å²) in [5, 5.41) is 10.5. The first kappa shape index (κ1) is 11.6. The predicted molar refractivity (Wildman–Crippen MR) is 62.2 cm³/mol. The van der Waals surface area contributed by atoms with Gasteiger partial charge in [-0.15, -0.1) is 0 Å². The van der Waals surface area contributed by atoms with Crippen LogP contribution in [0, 0.1) is 0 Å². The number of aliphatic hydroxyl groups is 1. The van der Waals surface area contributed by atoms with Crippen LogP contribution in [0.25, 0.3) is 0 Å². The van der Waals surface area contributed by atoms with Crippen molar-refractivity contribution < 1.29 is 9.84 Å². The van der Waals surface area contributed by atoms with Gasteiger partial charge in [-0.2, -0.15) is 0 Å². The van der Waals surface area contributed by atoms with Gasteiger partial charge in [-0.05, 0) is 37.0 Å². The second-order valence-corrected chi connectivity index (χ2v) is 4.71. The van der Waals surface area contributed by atoms with E-state index in [2.05, 4.69) is 4.98 Å². The molecule has 0 amide bonds. The molecular weight excluding hydrogens is 202 g/mol. The van der Waals surface area contributed by atoms with Crippen molar-refractivity contribution in [2.45, 2.75) is 43.8 Å². The number of aromatic nitrogens is 1. The van der Waals surface area contributed by atoms with Crippen molar-refractivity contribution in [2.75, 3.05) is 7.11 Å². The van der Waals surface area contributed by atoms with Crippen molar-refractivity contribution in [3.63, 3.8) is 0 Å². The molecule has 2 atom stereocenters. The van der Waals surface area contributed by atoms with Crippen LogP contribution in [0.4, 0.5) is 0 Å². The van der Waals surface area contributed by atoms with Crippen molar-refractivity contribution in [1.82, 2.24) is 4.98 Å². The molecule has 2 rings (SSSR count). The van der Waals surface area contributed by atoms with Gasteiger partial charge in [-0.1, -0.05) is 0 Å². The first-order valence-corrected chi connectivity index (χ1v) is 5.86. The van der Waals surface area contributed by atoms with Gasteiger partial charge in [0, 0.05) is 32.3 Å². The Morgan fingerprint density at radius 1 is 1.50 bits per heavy atom. The molecule has 0 radical (unpaired) electrons. The van der Waals surface area contributed by atoms with E-state index < -0.39 is 5.60 Å². The van der Waals surface area contributed by atoms with Gasteiger partial charge in [0.1, 0.15) is 0 Å². The van der Waals surface area contributed by atoms with Crippen LogP contribution >= 0.6 is 0 Å². The zero-order chi connectivity index (χ0) is 11.4. The van der Waals surface area contributed by atoms with E-state index >= 15 is 0 Å². The summed E-state index contributed by atoms with van der Waals surface area (Å²) in [5.41, 5.74) is 0.551. The van der Waals surface area contributed by atoms with Crippen LogP contribution in [-0.4, -0.2) is 28.9 Å². The predicted octanol–water partition coefficient (Wildman–Crippen LogP) is 1.94. The molecule has 1 fully saturated rings. The van der Waals surface area contributed by atoms with Crippen LogP contribution < -0.4 is 0 Å². The summed E-state index contributed by atoms with van der Waals surface area (Å²) in [6.45, 7) is 0. The maximum Gasteiger partial charge on any atom is 0.0712 e. The van der Waals surface area contributed by atoms with Crippen LogP contribution in [0.3, 0.4) is 0 Å². The van der Waals surface area contributed by atoms with E-state index in [1.165, 1.54) is 0 Å². The molecule has 0 aliphatic heterocycles. The summed E-state index contributed by atoms with van der Waals surface area (Å²) in [5.74, 6) is 0. The molecule has 0 spiro atoms. The fourth-order valence-electron chi connectivity index (χ4n) is 2.53. The Kier molecular flexibility index (Phi) is 3.56. The van der Waals surface area contributed by atoms with Crippen molar-refractivity contribution >= 4 is 0 Å². The third kappa shape index (κ3) is 2.80. The molecular formula is C13H19NO2. The Morgan fingerprint density at radius 3 is 2.94 bits per heavy atom. The summed E-state index contributed by atoms with van der Waals surface area (Å²) in [7, 11) is 1.73. The standard InChI is InChI=1S/C13H19NO2/c1-16-12-3-2-6-13(15,10-12)9-11-4-7-14-8-5-11/h4-5,7-8,12,15H,2-3,6,9-10H2,1H3. The summed E-state index contributed by atoms with van der Waals surface area (Å²) in [6, 6.07) is 3.93. The lowest BCUT2D eigenvalue weighted by Crippen LogP contribution is -2.40. The minimum Gasteiger partial charge on any atom is -0.389 e. The lowest BCUT2D eigenvalue weighted by molar-refractivity contribution is -0.0581. The molecule has 1 aliphatic carbocycles. The Labute approximate surface area is 96.5 Å². The Bertz CT molecular complexity index is 328. The highest BCUT2D eigenvalue weighted by atomic mass is 16.5. The summed E-state index contributed by atoms with van der Waals surface area (Å²) in [4.78, 5) is 3.99. The lowest BCUT2D eigenvalue weighted by atomic mass is 9.79. The average molecular weight is 221 g/mol. The van der Waals surface area contributed by atoms with E-state index in [1.807, 2.05) is 12.1 Å². The number of hydrogen-bond acceptors (Lipinski definition) is 3. The molecule has 0 bridgehead atoms. The van der Waals surface area contributed by atoms with Crippen LogP contribution in [0.15, 0.2) is 24.5 Å². The zero-order valence-electron chi connectivity index (χ0n) is 9.72. The summed E-state index contributed by atoms with van der Waals surface area (Å²) in [6.07, 6.45) is 8.18. The lowest BCUT2D eigenvalue weighted by Gasteiger charge is -2.36. The molecule has 3 heteroatoms. The molecule has 1 aromatic rings. The second kappa shape index (κ2) is 4.93. The minimum absolute atomic E-state index is 0.209. The first-order valence-electron chi connectivity index (χ1n) is 5.86. The number of methoxy groups -OCH3 is 1. The molecule has 0 saturated heterocycles. The van der Waals surface area contributed by atoms with Gasteiger partial charge in [0.15, 0.2) is 0 Å². The van der Waals surface area contributed by atoms with Crippen molar-refractivity contribution in [3.8, 4) is 0 Å². The number of pyridine rings is 1. The van der Waals surface area contributed by atoms with E-state index in [1.54, 1.807) is 19.5 Å². The van der Waals surface area contributed by atoms with E-state index in [9.17, 15) is 5.11 Å². The third-order valence-corrected chi connectivity index (χ3v) is 3.39. The highest BCUT2D eigenvalue weighted by molar-refractivity contribution is 5.13. The molecule has 1 aliphatic rings. The van der Waals surface area contributed by atoms with E-state index in [0.717, 1.165) is 31.2 Å². The fraction of sp³-hybridized carbons (Fsp3) is 0.615. The van der Waals surface area contributed by atoms with Crippen LogP contribution in [0.2, 0.25) is 0 Å². The minimum atomic E-state index is -0.597. The van der Waals surface area contributed by atoms with Crippen LogP contribution in [0.1, 0.15) is 31.2 Å². The normalized spacial score (nSPS) is 30.2. The molecule has 88 valence electrons. The summed E-state index contributed by atoms with van der Waals surface area (Å²) < 4.78 is 5.35. The SMILES string of the molecule is COC1CCCC(O)(Cc2ccncc2)C1. The third-order valence-electron chi connectivity index (χ3n) is 3.39. The molecule has 1 saturated carbocycles. The fourth-order valence-corrected chi connectivity index (χ4v) is 2.53. The van der Waals surface area contributed by atoms with Gasteiger partial charge in [0.2, 0.25) is 0 Å². The quantitative estimate of drug-likeness (QED) is 0.848. The number of rotatable bonds is 3. The van der Waals surface area contributed by atoms with Crippen LogP contribution in [0.5, 0.6) is 0 Å². The monoisotopic (exact) mass is 221 g/mol. The molecule has 1 aromatic heterocycles. The topological polar surface area (TPSA) is 42.4 Å². The smallest absolute Gasteiger partial charge is 0.0712 e. The molecule has 2 unspecified atom stereocenters. The molecule has 3 nitrogen and oxygen atoms in total. The Morgan fingerprint density at radius 2 is 2.25 bits per heavy atom. The van der Waals surface area contributed by atoms with Crippen LogP contribution in [-0.2, 0) is 11.2 Å². The van der Waals surface area contributed by atoms with Gasteiger partial charge in [-0.25, -0.2) is 0 Å². The first-order chi connectivity index (χ1) is 7.72. The number of hydrogen-bond donors (Lipinski definition) is 1. The van der Waals surface area contributed by atoms with Gasteiger partial charge in [0.25, 0.3) is 0 Å². The van der Waals surface area contributed by atoms with Gasteiger partial charge >= 0.3 is 0 Å². The molecule has 1 heterocycles. The Balaban J connectivity index is 2.02. The zero-order valence-corrected chi connectivity index (χ0v) is 9.72. The largest absolute Gasteiger partial charge is 0.389 e. The van der Waals surface area contributed by atoms with E-state index in [-0.39, 0.29) is 6.10 Å². The van der Waals surface area contributed by atoms with E-state index in [0.29, 0.717) is 6.42 Å². The van der Waals surface area contributed by atoms with Gasteiger partial charge < -0.3 is 9.84 Å². The molecule has 16 heavy (non-hydrogen) atoms. The van der Waals surface area contributed by atoms with Crippen molar-refractivity contribution in [2.24, 2.45) is 0 Å². The number of nitrogens with zero attached hydrogens (tertiary/aromatic N) is 1. The van der Waals surface area contributed by atoms with Crippen molar-refractivity contribution in [3.05, 3.63) is 30.1 Å². The average Bonchev–Trinajstić information content (AvgIpc) is 2.29. The van der Waals surface area contributed by atoms with Gasteiger partial charge in [-0.3, -0.25) is 4.98 Å². The molecule has 1 N–H and O–H groups in total.